The zero-order valence-electron chi connectivity index (χ0n) is 13.8. The third kappa shape index (κ3) is 4.49. The Kier molecular flexibility index (Phi) is 5.55. The first-order chi connectivity index (χ1) is 12.0. The molecule has 1 atom stereocenters. The van der Waals surface area contributed by atoms with E-state index in [1.54, 1.807) is 23.1 Å². The summed E-state index contributed by atoms with van der Waals surface area (Å²) in [6, 6.07) is 6.72. The number of piperazine rings is 1. The number of carbonyl (C=O) groups excluding carboxylic acids is 3. The molecule has 0 aromatic heterocycles. The molecule has 3 amide bonds. The quantitative estimate of drug-likeness (QED) is 0.824. The summed E-state index contributed by atoms with van der Waals surface area (Å²) in [5, 5.41) is 6.01. The van der Waals surface area contributed by atoms with Gasteiger partial charge in [-0.1, -0.05) is 23.7 Å². The van der Waals surface area contributed by atoms with Crippen molar-refractivity contribution in [1.29, 1.82) is 0 Å². The molecule has 7 nitrogen and oxygen atoms in total. The van der Waals surface area contributed by atoms with E-state index in [9.17, 15) is 14.4 Å². The largest absolute Gasteiger partial charge is 0.344 e. The molecule has 2 aliphatic rings. The number of para-hydroxylation sites is 1. The number of hydrogen-bond donors (Lipinski definition) is 2. The van der Waals surface area contributed by atoms with Crippen LogP contribution in [0.15, 0.2) is 24.3 Å². The van der Waals surface area contributed by atoms with Crippen LogP contribution in [0, 0.1) is 0 Å². The molecular weight excluding hydrogens is 344 g/mol. The summed E-state index contributed by atoms with van der Waals surface area (Å²) < 4.78 is 0. The van der Waals surface area contributed by atoms with Crippen LogP contribution in [-0.4, -0.2) is 66.3 Å². The SMILES string of the molecule is O=C(CN1CCN(C(=O)[C@@H]2CCC(=O)N2)CC1)Nc1ccccc1Cl. The first-order valence-corrected chi connectivity index (χ1v) is 8.75. The van der Waals surface area contributed by atoms with Crippen molar-refractivity contribution in [3.63, 3.8) is 0 Å². The summed E-state index contributed by atoms with van der Waals surface area (Å²) >= 11 is 6.04. The third-order valence-corrected chi connectivity index (χ3v) is 4.82. The first kappa shape index (κ1) is 17.7. The fourth-order valence-electron chi connectivity index (χ4n) is 3.10. The zero-order valence-corrected chi connectivity index (χ0v) is 14.6. The van der Waals surface area contributed by atoms with Gasteiger partial charge >= 0.3 is 0 Å². The minimum absolute atomic E-state index is 0.0222. The lowest BCUT2D eigenvalue weighted by Crippen LogP contribution is -2.54. The van der Waals surface area contributed by atoms with Crippen LogP contribution in [0.4, 0.5) is 5.69 Å². The molecule has 0 aliphatic carbocycles. The second-order valence-electron chi connectivity index (χ2n) is 6.29. The topological polar surface area (TPSA) is 81.8 Å². The van der Waals surface area contributed by atoms with Crippen molar-refractivity contribution in [2.24, 2.45) is 0 Å². The highest BCUT2D eigenvalue weighted by Crippen LogP contribution is 2.20. The van der Waals surface area contributed by atoms with Crippen LogP contribution < -0.4 is 10.6 Å². The monoisotopic (exact) mass is 364 g/mol. The molecule has 25 heavy (non-hydrogen) atoms. The Morgan fingerprint density at radius 2 is 1.92 bits per heavy atom. The molecule has 1 aromatic carbocycles. The van der Waals surface area contributed by atoms with Gasteiger partial charge in [-0.3, -0.25) is 19.3 Å². The predicted molar refractivity (Wildman–Crippen MR) is 94.3 cm³/mol. The number of amides is 3. The summed E-state index contributed by atoms with van der Waals surface area (Å²) in [4.78, 5) is 39.5. The first-order valence-electron chi connectivity index (χ1n) is 8.38. The fourth-order valence-corrected chi connectivity index (χ4v) is 3.28. The Hall–Kier alpha value is -2.12. The van der Waals surface area contributed by atoms with Gasteiger partial charge < -0.3 is 15.5 Å². The van der Waals surface area contributed by atoms with Crippen LogP contribution in [0.2, 0.25) is 5.02 Å². The molecule has 2 aliphatic heterocycles. The maximum absolute atomic E-state index is 12.4. The lowest BCUT2D eigenvalue weighted by atomic mass is 10.2. The molecule has 1 aromatic rings. The van der Waals surface area contributed by atoms with Crippen molar-refractivity contribution in [3.8, 4) is 0 Å². The standard InChI is InChI=1S/C17H21ClN4O3/c18-12-3-1-2-4-13(12)19-16(24)11-21-7-9-22(10-8-21)17(25)14-5-6-15(23)20-14/h1-4,14H,5-11H2,(H,19,24)(H,20,23)/t14-/m0/s1. The Labute approximate surface area is 151 Å². The Bertz CT molecular complexity index is 674. The molecule has 0 bridgehead atoms. The minimum Gasteiger partial charge on any atom is -0.344 e. The van der Waals surface area contributed by atoms with Gasteiger partial charge in [0.15, 0.2) is 0 Å². The number of nitrogens with zero attached hydrogens (tertiary/aromatic N) is 2. The lowest BCUT2D eigenvalue weighted by Gasteiger charge is -2.35. The normalized spacial score (nSPS) is 21.1. The fraction of sp³-hybridized carbons (Fsp3) is 0.471. The number of carbonyl (C=O) groups is 3. The van der Waals surface area contributed by atoms with Crippen LogP contribution in [0.25, 0.3) is 0 Å². The molecule has 3 rings (SSSR count). The molecule has 0 saturated carbocycles. The second-order valence-corrected chi connectivity index (χ2v) is 6.70. The van der Waals surface area contributed by atoms with Gasteiger partial charge in [0.2, 0.25) is 17.7 Å². The van der Waals surface area contributed by atoms with Crippen molar-refractivity contribution < 1.29 is 14.4 Å². The van der Waals surface area contributed by atoms with Crippen LogP contribution in [0.1, 0.15) is 12.8 Å². The molecule has 134 valence electrons. The van der Waals surface area contributed by atoms with E-state index < -0.39 is 0 Å². The van der Waals surface area contributed by atoms with Gasteiger partial charge in [0.05, 0.1) is 17.3 Å². The highest BCUT2D eigenvalue weighted by Gasteiger charge is 2.32. The van der Waals surface area contributed by atoms with E-state index in [1.807, 2.05) is 11.0 Å². The molecule has 0 unspecified atom stereocenters. The van der Waals surface area contributed by atoms with Gasteiger partial charge in [0.1, 0.15) is 6.04 Å². The molecule has 2 heterocycles. The van der Waals surface area contributed by atoms with E-state index in [0.717, 1.165) is 0 Å². The molecule has 2 fully saturated rings. The maximum atomic E-state index is 12.4. The van der Waals surface area contributed by atoms with E-state index in [1.165, 1.54) is 0 Å². The highest BCUT2D eigenvalue weighted by atomic mass is 35.5. The smallest absolute Gasteiger partial charge is 0.245 e. The zero-order chi connectivity index (χ0) is 17.8. The predicted octanol–water partition coefficient (Wildman–Crippen LogP) is 0.701. The highest BCUT2D eigenvalue weighted by molar-refractivity contribution is 6.33. The van der Waals surface area contributed by atoms with Crippen LogP contribution in [0.3, 0.4) is 0 Å². The van der Waals surface area contributed by atoms with Gasteiger partial charge in [0.25, 0.3) is 0 Å². The van der Waals surface area contributed by atoms with E-state index >= 15 is 0 Å². The third-order valence-electron chi connectivity index (χ3n) is 4.49. The Morgan fingerprint density at radius 1 is 1.20 bits per heavy atom. The van der Waals surface area contributed by atoms with Crippen molar-refractivity contribution in [1.82, 2.24) is 15.1 Å². The number of benzene rings is 1. The number of rotatable bonds is 4. The van der Waals surface area contributed by atoms with Crippen molar-refractivity contribution in [2.75, 3.05) is 38.0 Å². The summed E-state index contributed by atoms with van der Waals surface area (Å²) in [5.41, 5.74) is 0.597. The van der Waals surface area contributed by atoms with E-state index in [4.69, 9.17) is 11.6 Å². The van der Waals surface area contributed by atoms with Crippen molar-refractivity contribution in [3.05, 3.63) is 29.3 Å². The van der Waals surface area contributed by atoms with Gasteiger partial charge in [-0.25, -0.2) is 0 Å². The Morgan fingerprint density at radius 3 is 2.56 bits per heavy atom. The summed E-state index contributed by atoms with van der Waals surface area (Å²) in [5.74, 6) is -0.213. The number of halogens is 1. The van der Waals surface area contributed by atoms with Crippen LogP contribution in [-0.2, 0) is 14.4 Å². The van der Waals surface area contributed by atoms with Gasteiger partial charge in [-0.15, -0.1) is 0 Å². The number of nitrogens with one attached hydrogen (secondary N) is 2. The molecular formula is C17H21ClN4O3. The lowest BCUT2D eigenvalue weighted by molar-refractivity contribution is -0.136. The van der Waals surface area contributed by atoms with E-state index in [2.05, 4.69) is 10.6 Å². The summed E-state index contributed by atoms with van der Waals surface area (Å²) in [7, 11) is 0. The molecule has 0 spiro atoms. The van der Waals surface area contributed by atoms with E-state index in [0.29, 0.717) is 49.7 Å². The van der Waals surface area contributed by atoms with Gasteiger partial charge in [0, 0.05) is 32.6 Å². The maximum Gasteiger partial charge on any atom is 0.245 e. The van der Waals surface area contributed by atoms with Gasteiger partial charge in [-0.2, -0.15) is 0 Å². The number of anilines is 1. The Balaban J connectivity index is 1.44. The average molecular weight is 365 g/mol. The van der Waals surface area contributed by atoms with Crippen molar-refractivity contribution in [2.45, 2.75) is 18.9 Å². The molecule has 2 saturated heterocycles. The van der Waals surface area contributed by atoms with Crippen LogP contribution in [0.5, 0.6) is 0 Å². The summed E-state index contributed by atoms with van der Waals surface area (Å²) in [6.07, 6.45) is 0.983. The molecule has 2 N–H and O–H groups in total. The minimum atomic E-state index is -0.387. The van der Waals surface area contributed by atoms with E-state index in [-0.39, 0.29) is 30.3 Å². The average Bonchev–Trinajstić information content (AvgIpc) is 3.03. The van der Waals surface area contributed by atoms with Crippen LogP contribution >= 0.6 is 11.6 Å². The second kappa shape index (κ2) is 7.84. The summed E-state index contributed by atoms with van der Waals surface area (Å²) in [6.45, 7) is 2.63. The van der Waals surface area contributed by atoms with Gasteiger partial charge in [-0.05, 0) is 18.6 Å². The molecule has 8 heteroatoms. The molecule has 0 radical (unpaired) electrons. The number of hydrogen-bond acceptors (Lipinski definition) is 4. The van der Waals surface area contributed by atoms with Crippen molar-refractivity contribution >= 4 is 35.0 Å².